The summed E-state index contributed by atoms with van der Waals surface area (Å²) >= 11 is 0. The highest BCUT2D eigenvalue weighted by Crippen LogP contribution is 2.15. The molecule has 0 aliphatic heterocycles. The maximum atomic E-state index is 12.1. The maximum Gasteiger partial charge on any atom is 0.272 e. The Kier molecular flexibility index (Phi) is 4.83. The number of nitrogens with zero attached hydrogens (tertiary/aromatic N) is 2. The lowest BCUT2D eigenvalue weighted by atomic mass is 9.90. The van der Waals surface area contributed by atoms with Crippen LogP contribution >= 0.6 is 0 Å². The molecule has 0 fully saturated rings. The molecule has 1 aromatic heterocycles. The summed E-state index contributed by atoms with van der Waals surface area (Å²) in [6.07, 6.45) is 0.779. The van der Waals surface area contributed by atoms with E-state index in [1.807, 2.05) is 6.92 Å². The van der Waals surface area contributed by atoms with Crippen molar-refractivity contribution < 1.29 is 4.79 Å². The van der Waals surface area contributed by atoms with Crippen molar-refractivity contribution >= 4 is 5.91 Å². The Hall–Kier alpha value is -1.69. The summed E-state index contributed by atoms with van der Waals surface area (Å²) in [5.41, 5.74) is 5.24. The molecule has 6 nitrogen and oxygen atoms in total. The summed E-state index contributed by atoms with van der Waals surface area (Å²) in [5, 5.41) is 6.82. The first-order chi connectivity index (χ1) is 8.77. The van der Waals surface area contributed by atoms with E-state index in [-0.39, 0.29) is 17.2 Å². The van der Waals surface area contributed by atoms with Crippen molar-refractivity contribution in [3.8, 4) is 0 Å². The maximum absolute atomic E-state index is 12.1. The SMILES string of the molecule is CC(C)CC(C)(CN)NC(=O)c1ccc(=O)n(C)n1. The molecule has 1 rings (SSSR count). The van der Waals surface area contributed by atoms with Crippen LogP contribution in [0.15, 0.2) is 16.9 Å². The van der Waals surface area contributed by atoms with Gasteiger partial charge >= 0.3 is 0 Å². The first-order valence-electron chi connectivity index (χ1n) is 6.34. The Morgan fingerprint density at radius 1 is 1.53 bits per heavy atom. The number of hydrogen-bond donors (Lipinski definition) is 2. The Morgan fingerprint density at radius 3 is 2.63 bits per heavy atom. The molecule has 1 aromatic rings. The molecule has 0 saturated carbocycles. The zero-order valence-corrected chi connectivity index (χ0v) is 11.9. The highest BCUT2D eigenvalue weighted by molar-refractivity contribution is 5.92. The van der Waals surface area contributed by atoms with E-state index in [1.54, 1.807) is 0 Å². The minimum atomic E-state index is -0.471. The van der Waals surface area contributed by atoms with Gasteiger partial charge < -0.3 is 11.1 Å². The van der Waals surface area contributed by atoms with Crippen LogP contribution in [0.3, 0.4) is 0 Å². The lowest BCUT2D eigenvalue weighted by Crippen LogP contribution is -2.52. The van der Waals surface area contributed by atoms with Crippen LogP contribution in [0.4, 0.5) is 0 Å². The van der Waals surface area contributed by atoms with Crippen molar-refractivity contribution in [1.29, 1.82) is 0 Å². The Balaban J connectivity index is 2.88. The molecule has 0 aliphatic carbocycles. The van der Waals surface area contributed by atoms with E-state index in [2.05, 4.69) is 24.3 Å². The van der Waals surface area contributed by atoms with Gasteiger partial charge in [-0.05, 0) is 25.3 Å². The summed E-state index contributed by atoms with van der Waals surface area (Å²) in [4.78, 5) is 23.3. The molecule has 1 unspecified atom stereocenters. The minimum Gasteiger partial charge on any atom is -0.344 e. The van der Waals surface area contributed by atoms with Crippen molar-refractivity contribution in [3.05, 3.63) is 28.2 Å². The molecule has 0 aromatic carbocycles. The summed E-state index contributed by atoms with van der Waals surface area (Å²) in [7, 11) is 1.51. The average Bonchev–Trinajstić information content (AvgIpc) is 2.31. The summed E-state index contributed by atoms with van der Waals surface area (Å²) < 4.78 is 1.14. The predicted molar refractivity (Wildman–Crippen MR) is 73.9 cm³/mol. The van der Waals surface area contributed by atoms with E-state index in [1.165, 1.54) is 19.2 Å². The normalized spacial score (nSPS) is 14.2. The highest BCUT2D eigenvalue weighted by Gasteiger charge is 2.26. The fourth-order valence-electron chi connectivity index (χ4n) is 2.05. The van der Waals surface area contributed by atoms with Gasteiger partial charge in [0.05, 0.1) is 5.54 Å². The Labute approximate surface area is 113 Å². The topological polar surface area (TPSA) is 90.0 Å². The number of rotatable bonds is 5. The van der Waals surface area contributed by atoms with Crippen molar-refractivity contribution in [2.45, 2.75) is 32.7 Å². The van der Waals surface area contributed by atoms with Crippen LogP contribution in [0.5, 0.6) is 0 Å². The highest BCUT2D eigenvalue weighted by atomic mass is 16.2. The number of amides is 1. The van der Waals surface area contributed by atoms with Crippen LogP contribution in [0.2, 0.25) is 0 Å². The van der Waals surface area contributed by atoms with Crippen molar-refractivity contribution in [1.82, 2.24) is 15.1 Å². The number of aromatic nitrogens is 2. The van der Waals surface area contributed by atoms with Crippen LogP contribution in [-0.2, 0) is 7.05 Å². The Bertz CT molecular complexity index is 510. The average molecular weight is 266 g/mol. The second-order valence-electron chi connectivity index (χ2n) is 5.50. The molecule has 1 amide bonds. The van der Waals surface area contributed by atoms with E-state index in [9.17, 15) is 9.59 Å². The van der Waals surface area contributed by atoms with Gasteiger partial charge in [-0.1, -0.05) is 13.8 Å². The monoisotopic (exact) mass is 266 g/mol. The van der Waals surface area contributed by atoms with Crippen molar-refractivity contribution in [3.63, 3.8) is 0 Å². The number of carbonyl (C=O) groups is 1. The largest absolute Gasteiger partial charge is 0.344 e. The molecule has 0 aliphatic rings. The Morgan fingerprint density at radius 2 is 2.16 bits per heavy atom. The number of carbonyl (C=O) groups excluding carboxylic acids is 1. The van der Waals surface area contributed by atoms with E-state index < -0.39 is 5.54 Å². The van der Waals surface area contributed by atoms with Gasteiger partial charge in [0.1, 0.15) is 5.69 Å². The fraction of sp³-hybridized carbons (Fsp3) is 0.615. The summed E-state index contributed by atoms with van der Waals surface area (Å²) in [6, 6.07) is 2.74. The standard InChI is InChI=1S/C13H22N4O2/c1-9(2)7-13(3,8-14)15-12(19)10-5-6-11(18)17(4)16-10/h5-6,9H,7-8,14H2,1-4H3,(H,15,19). The first kappa shape index (κ1) is 15.4. The van der Waals surface area contributed by atoms with Gasteiger partial charge in [0.15, 0.2) is 0 Å². The van der Waals surface area contributed by atoms with E-state index in [0.717, 1.165) is 11.1 Å². The zero-order valence-electron chi connectivity index (χ0n) is 11.9. The molecular weight excluding hydrogens is 244 g/mol. The number of nitrogens with one attached hydrogen (secondary N) is 1. The van der Waals surface area contributed by atoms with Crippen LogP contribution in [0, 0.1) is 5.92 Å². The van der Waals surface area contributed by atoms with Crippen molar-refractivity contribution in [2.24, 2.45) is 18.7 Å². The van der Waals surface area contributed by atoms with Gasteiger partial charge in [-0.25, -0.2) is 4.68 Å². The minimum absolute atomic E-state index is 0.213. The molecule has 0 saturated heterocycles. The zero-order chi connectivity index (χ0) is 14.6. The molecule has 0 spiro atoms. The number of nitrogens with two attached hydrogens (primary N) is 1. The molecule has 3 N–H and O–H groups in total. The van der Waals surface area contributed by atoms with E-state index in [0.29, 0.717) is 12.5 Å². The van der Waals surface area contributed by atoms with Crippen LogP contribution < -0.4 is 16.6 Å². The van der Waals surface area contributed by atoms with Gasteiger partial charge in [0, 0.05) is 19.7 Å². The van der Waals surface area contributed by atoms with Gasteiger partial charge in [-0.15, -0.1) is 0 Å². The molecule has 6 heteroatoms. The van der Waals surface area contributed by atoms with Crippen LogP contribution in [0.1, 0.15) is 37.7 Å². The summed E-state index contributed by atoms with van der Waals surface area (Å²) in [6.45, 7) is 6.41. The van der Waals surface area contributed by atoms with Gasteiger partial charge in [-0.3, -0.25) is 9.59 Å². The molecular formula is C13H22N4O2. The second kappa shape index (κ2) is 5.97. The quantitative estimate of drug-likeness (QED) is 0.800. The van der Waals surface area contributed by atoms with E-state index in [4.69, 9.17) is 5.73 Å². The third-order valence-corrected chi connectivity index (χ3v) is 2.92. The van der Waals surface area contributed by atoms with Crippen LogP contribution in [0.25, 0.3) is 0 Å². The third kappa shape index (κ3) is 4.17. The molecule has 19 heavy (non-hydrogen) atoms. The summed E-state index contributed by atoms with van der Waals surface area (Å²) in [5.74, 6) is 0.103. The van der Waals surface area contributed by atoms with Gasteiger partial charge in [0.2, 0.25) is 0 Å². The lowest BCUT2D eigenvalue weighted by molar-refractivity contribution is 0.0890. The van der Waals surface area contributed by atoms with Gasteiger partial charge in [-0.2, -0.15) is 5.10 Å². The predicted octanol–water partition coefficient (Wildman–Crippen LogP) is 0.274. The number of aryl methyl sites for hydroxylation is 1. The molecule has 1 heterocycles. The second-order valence-corrected chi connectivity index (χ2v) is 5.50. The van der Waals surface area contributed by atoms with Gasteiger partial charge in [0.25, 0.3) is 11.5 Å². The molecule has 0 bridgehead atoms. The smallest absolute Gasteiger partial charge is 0.272 e. The lowest BCUT2D eigenvalue weighted by Gasteiger charge is -2.31. The molecule has 106 valence electrons. The fourth-order valence-corrected chi connectivity index (χ4v) is 2.05. The van der Waals surface area contributed by atoms with E-state index >= 15 is 0 Å². The first-order valence-corrected chi connectivity index (χ1v) is 6.34. The van der Waals surface area contributed by atoms with Crippen LogP contribution in [-0.4, -0.2) is 27.8 Å². The number of hydrogen-bond acceptors (Lipinski definition) is 4. The third-order valence-electron chi connectivity index (χ3n) is 2.92. The molecule has 0 radical (unpaired) electrons. The molecule has 1 atom stereocenters. The van der Waals surface area contributed by atoms with Crippen molar-refractivity contribution in [2.75, 3.05) is 6.54 Å².